The summed E-state index contributed by atoms with van der Waals surface area (Å²) in [6.45, 7) is 0.854. The highest BCUT2D eigenvalue weighted by Crippen LogP contribution is 2.27. The monoisotopic (exact) mass is 295 g/mol. The Hall–Kier alpha value is -1.62. The highest BCUT2D eigenvalue weighted by Gasteiger charge is 2.30. The first-order valence-corrected chi connectivity index (χ1v) is 7.83. The number of nitrogens with zero attached hydrogens (tertiary/aromatic N) is 2. The molecule has 0 unspecified atom stereocenters. The molecule has 1 saturated heterocycles. The molecule has 0 radical (unpaired) electrons. The number of hydrogen-bond donors (Lipinski definition) is 2. The van der Waals surface area contributed by atoms with Crippen molar-refractivity contribution in [1.82, 2.24) is 4.31 Å². The molecule has 0 spiro atoms. The van der Waals surface area contributed by atoms with Crippen LogP contribution in [0.5, 0.6) is 0 Å². The summed E-state index contributed by atoms with van der Waals surface area (Å²) in [5.41, 5.74) is 6.17. The highest BCUT2D eigenvalue weighted by atomic mass is 32.2. The molecule has 0 bridgehead atoms. The molecule has 6 nitrogen and oxygen atoms in total. The summed E-state index contributed by atoms with van der Waals surface area (Å²) in [5, 5.41) is 17.9. The van der Waals surface area contributed by atoms with E-state index in [9.17, 15) is 8.42 Å². The van der Waals surface area contributed by atoms with E-state index in [1.807, 2.05) is 6.07 Å². The topological polar surface area (TPSA) is 107 Å². The van der Waals surface area contributed by atoms with Gasteiger partial charge in [-0.05, 0) is 37.0 Å². The van der Waals surface area contributed by atoms with Crippen molar-refractivity contribution in [2.24, 2.45) is 5.92 Å². The first-order chi connectivity index (χ1) is 9.48. The summed E-state index contributed by atoms with van der Waals surface area (Å²) in [6, 6.07) is 6.12. The fourth-order valence-electron chi connectivity index (χ4n) is 2.32. The van der Waals surface area contributed by atoms with E-state index in [1.54, 1.807) is 0 Å². The number of aliphatic hydroxyl groups is 1. The van der Waals surface area contributed by atoms with Gasteiger partial charge in [-0.15, -0.1) is 0 Å². The molecule has 2 rings (SSSR count). The Balaban J connectivity index is 2.25. The van der Waals surface area contributed by atoms with Gasteiger partial charge in [0.25, 0.3) is 0 Å². The first-order valence-electron chi connectivity index (χ1n) is 6.39. The van der Waals surface area contributed by atoms with Crippen molar-refractivity contribution < 1.29 is 13.5 Å². The van der Waals surface area contributed by atoms with Crippen LogP contribution in [0.4, 0.5) is 5.69 Å². The van der Waals surface area contributed by atoms with Gasteiger partial charge in [0.05, 0.1) is 17.3 Å². The number of sulfonamides is 1. The van der Waals surface area contributed by atoms with Crippen molar-refractivity contribution in [1.29, 1.82) is 5.26 Å². The fraction of sp³-hybridized carbons (Fsp3) is 0.462. The van der Waals surface area contributed by atoms with Gasteiger partial charge in [-0.25, -0.2) is 8.42 Å². The van der Waals surface area contributed by atoms with Crippen molar-refractivity contribution in [2.75, 3.05) is 25.4 Å². The third-order valence-electron chi connectivity index (χ3n) is 3.59. The maximum Gasteiger partial charge on any atom is 0.245 e. The highest BCUT2D eigenvalue weighted by molar-refractivity contribution is 7.89. The van der Waals surface area contributed by atoms with Gasteiger partial charge >= 0.3 is 0 Å². The predicted molar refractivity (Wildman–Crippen MR) is 74.1 cm³/mol. The lowest BCUT2D eigenvalue weighted by molar-refractivity contribution is 0.170. The lowest BCUT2D eigenvalue weighted by Gasteiger charge is -2.30. The molecule has 1 fully saturated rings. The normalized spacial score (nSPS) is 17.8. The second kappa shape index (κ2) is 5.79. The SMILES string of the molecule is N#Cc1ccc(S(=O)(=O)N2CCC(CO)CC2)c(N)c1. The third kappa shape index (κ3) is 2.77. The van der Waals surface area contributed by atoms with E-state index in [-0.39, 0.29) is 23.1 Å². The minimum absolute atomic E-state index is 0.0407. The smallest absolute Gasteiger partial charge is 0.245 e. The zero-order valence-corrected chi connectivity index (χ0v) is 11.8. The largest absolute Gasteiger partial charge is 0.398 e. The van der Waals surface area contributed by atoms with Crippen LogP contribution in [0.25, 0.3) is 0 Å². The van der Waals surface area contributed by atoms with Crippen molar-refractivity contribution in [3.63, 3.8) is 0 Å². The van der Waals surface area contributed by atoms with Crippen LogP contribution in [0.3, 0.4) is 0 Å². The van der Waals surface area contributed by atoms with E-state index < -0.39 is 10.0 Å². The molecule has 0 amide bonds. The summed E-state index contributed by atoms with van der Waals surface area (Å²) in [7, 11) is -3.63. The number of aliphatic hydroxyl groups excluding tert-OH is 1. The Morgan fingerprint density at radius 3 is 2.55 bits per heavy atom. The van der Waals surface area contributed by atoms with E-state index in [4.69, 9.17) is 16.1 Å². The summed E-state index contributed by atoms with van der Waals surface area (Å²) in [4.78, 5) is 0.0407. The summed E-state index contributed by atoms with van der Waals surface area (Å²) in [5.74, 6) is 0.166. The number of anilines is 1. The van der Waals surface area contributed by atoms with Crippen LogP contribution in [-0.2, 0) is 10.0 Å². The van der Waals surface area contributed by atoms with E-state index in [0.29, 0.717) is 31.5 Å². The van der Waals surface area contributed by atoms with Crippen molar-refractivity contribution >= 4 is 15.7 Å². The maximum atomic E-state index is 12.5. The minimum atomic E-state index is -3.63. The lowest BCUT2D eigenvalue weighted by atomic mass is 10.00. The van der Waals surface area contributed by atoms with Crippen molar-refractivity contribution in [3.05, 3.63) is 23.8 Å². The number of rotatable bonds is 3. The van der Waals surface area contributed by atoms with Crippen LogP contribution in [0.15, 0.2) is 23.1 Å². The molecule has 1 heterocycles. The van der Waals surface area contributed by atoms with Crippen LogP contribution in [-0.4, -0.2) is 37.5 Å². The molecular weight excluding hydrogens is 278 g/mol. The van der Waals surface area contributed by atoms with E-state index >= 15 is 0 Å². The minimum Gasteiger partial charge on any atom is -0.398 e. The zero-order valence-electron chi connectivity index (χ0n) is 11.0. The van der Waals surface area contributed by atoms with Crippen LogP contribution < -0.4 is 5.73 Å². The molecule has 20 heavy (non-hydrogen) atoms. The van der Waals surface area contributed by atoms with Crippen molar-refractivity contribution in [3.8, 4) is 6.07 Å². The van der Waals surface area contributed by atoms with Gasteiger partial charge in [-0.3, -0.25) is 0 Å². The second-order valence-corrected chi connectivity index (χ2v) is 6.80. The van der Waals surface area contributed by atoms with E-state index in [2.05, 4.69) is 0 Å². The van der Waals surface area contributed by atoms with Crippen LogP contribution in [0.1, 0.15) is 18.4 Å². The van der Waals surface area contributed by atoms with Crippen LogP contribution in [0, 0.1) is 17.2 Å². The first kappa shape index (κ1) is 14.8. The summed E-state index contributed by atoms with van der Waals surface area (Å²) in [6.07, 6.45) is 1.29. The quantitative estimate of drug-likeness (QED) is 0.791. The van der Waals surface area contributed by atoms with Gasteiger partial charge in [-0.2, -0.15) is 9.57 Å². The van der Waals surface area contributed by atoms with Gasteiger partial charge in [0, 0.05) is 19.7 Å². The van der Waals surface area contributed by atoms with E-state index in [1.165, 1.54) is 22.5 Å². The van der Waals surface area contributed by atoms with Gasteiger partial charge < -0.3 is 10.8 Å². The molecule has 1 aliphatic rings. The zero-order chi connectivity index (χ0) is 14.8. The van der Waals surface area contributed by atoms with Gasteiger partial charge in [0.2, 0.25) is 10.0 Å². The van der Waals surface area contributed by atoms with Gasteiger partial charge in [0.15, 0.2) is 0 Å². The number of hydrogen-bond acceptors (Lipinski definition) is 5. The van der Waals surface area contributed by atoms with Crippen LogP contribution in [0.2, 0.25) is 0 Å². The molecule has 1 aliphatic heterocycles. The lowest BCUT2D eigenvalue weighted by Crippen LogP contribution is -2.39. The number of nitrogens with two attached hydrogens (primary N) is 1. The predicted octanol–water partition coefficient (Wildman–Crippen LogP) is 0.533. The van der Waals surface area contributed by atoms with Gasteiger partial charge in [-0.1, -0.05) is 0 Å². The number of piperidine rings is 1. The Bertz CT molecular complexity index is 629. The molecule has 7 heteroatoms. The number of benzene rings is 1. The molecule has 1 aromatic rings. The Morgan fingerprint density at radius 2 is 2.05 bits per heavy atom. The molecule has 1 aromatic carbocycles. The molecule has 3 N–H and O–H groups in total. The molecular formula is C13H17N3O3S. The maximum absolute atomic E-state index is 12.5. The van der Waals surface area contributed by atoms with Gasteiger partial charge in [0.1, 0.15) is 4.90 Å². The fourth-order valence-corrected chi connectivity index (χ4v) is 3.89. The van der Waals surface area contributed by atoms with Crippen LogP contribution >= 0.6 is 0 Å². The Labute approximate surface area is 118 Å². The Kier molecular flexibility index (Phi) is 4.28. The molecule has 0 aliphatic carbocycles. The number of nitriles is 1. The van der Waals surface area contributed by atoms with E-state index in [0.717, 1.165) is 0 Å². The third-order valence-corrected chi connectivity index (χ3v) is 5.56. The Morgan fingerprint density at radius 1 is 1.40 bits per heavy atom. The molecule has 108 valence electrons. The summed E-state index contributed by atoms with van der Waals surface area (Å²) < 4.78 is 26.4. The average molecular weight is 295 g/mol. The molecule has 0 aromatic heterocycles. The second-order valence-electron chi connectivity index (χ2n) is 4.89. The standard InChI is InChI=1S/C13H17N3O3S/c14-8-11-1-2-13(12(15)7-11)20(18,19)16-5-3-10(9-17)4-6-16/h1-2,7,10,17H,3-6,9,15H2. The molecule has 0 saturated carbocycles. The number of nitrogen functional groups attached to an aromatic ring is 1. The molecule has 0 atom stereocenters. The average Bonchev–Trinajstić information content (AvgIpc) is 2.46. The summed E-state index contributed by atoms with van der Waals surface area (Å²) >= 11 is 0. The van der Waals surface area contributed by atoms with Crippen molar-refractivity contribution in [2.45, 2.75) is 17.7 Å².